The maximum atomic E-state index is 6.17. The number of benzene rings is 1. The lowest BCUT2D eigenvalue weighted by Crippen LogP contribution is -2.45. The van der Waals surface area contributed by atoms with E-state index in [1.165, 1.54) is 69.3 Å². The summed E-state index contributed by atoms with van der Waals surface area (Å²) in [5.41, 5.74) is 10.9. The third-order valence-corrected chi connectivity index (χ3v) is 5.32. The molecule has 20 heavy (non-hydrogen) atoms. The van der Waals surface area contributed by atoms with Crippen LogP contribution in [-0.4, -0.2) is 19.6 Å². The molecular weight excluding hydrogens is 244 g/mol. The molecule has 1 saturated carbocycles. The predicted octanol–water partition coefficient (Wildman–Crippen LogP) is 3.66. The van der Waals surface area contributed by atoms with Crippen LogP contribution in [-0.2, 0) is 6.42 Å². The fourth-order valence-corrected chi connectivity index (χ4v) is 4.10. The Morgan fingerprint density at radius 1 is 1.15 bits per heavy atom. The van der Waals surface area contributed by atoms with E-state index in [1.54, 1.807) is 5.56 Å². The zero-order chi connectivity index (χ0) is 14.0. The van der Waals surface area contributed by atoms with Gasteiger partial charge in [-0.2, -0.15) is 0 Å². The van der Waals surface area contributed by atoms with Crippen molar-refractivity contribution in [3.8, 4) is 0 Å². The first kappa shape index (κ1) is 13.9. The summed E-state index contributed by atoms with van der Waals surface area (Å²) in [6.07, 6.45) is 9.30. The van der Waals surface area contributed by atoms with Gasteiger partial charge < -0.3 is 10.6 Å². The standard InChI is InChI=1S/C18H28N2/c1-15-7-8-17-16(12-15)6-5-11-20(17)14-18(13-19)9-3-2-4-10-18/h7-8,12H,2-6,9-11,13-14,19H2,1H3. The molecule has 1 aliphatic heterocycles. The molecule has 0 radical (unpaired) electrons. The molecule has 0 bridgehead atoms. The van der Waals surface area contributed by atoms with Crippen molar-refractivity contribution in [3.63, 3.8) is 0 Å². The van der Waals surface area contributed by atoms with E-state index in [-0.39, 0.29) is 0 Å². The Morgan fingerprint density at radius 3 is 2.70 bits per heavy atom. The van der Waals surface area contributed by atoms with E-state index in [9.17, 15) is 0 Å². The second kappa shape index (κ2) is 5.77. The van der Waals surface area contributed by atoms with Gasteiger partial charge in [0.05, 0.1) is 0 Å². The molecule has 1 aromatic rings. The topological polar surface area (TPSA) is 29.3 Å². The summed E-state index contributed by atoms with van der Waals surface area (Å²) in [4.78, 5) is 2.62. The van der Waals surface area contributed by atoms with E-state index < -0.39 is 0 Å². The first-order chi connectivity index (χ1) is 9.72. The number of fused-ring (bicyclic) bond motifs is 1. The molecule has 0 spiro atoms. The number of hydrogen-bond donors (Lipinski definition) is 1. The summed E-state index contributed by atoms with van der Waals surface area (Å²) >= 11 is 0. The molecule has 110 valence electrons. The van der Waals surface area contributed by atoms with Gasteiger partial charge in [0, 0.05) is 24.2 Å². The smallest absolute Gasteiger partial charge is 0.0399 e. The Morgan fingerprint density at radius 2 is 1.95 bits per heavy atom. The normalized spacial score (nSPS) is 21.6. The average Bonchev–Trinajstić information content (AvgIpc) is 2.48. The summed E-state index contributed by atoms with van der Waals surface area (Å²) in [6.45, 7) is 5.42. The van der Waals surface area contributed by atoms with Gasteiger partial charge in [0.25, 0.3) is 0 Å². The lowest BCUT2D eigenvalue weighted by atomic mass is 9.73. The number of aryl methyl sites for hydroxylation is 2. The number of nitrogens with zero attached hydrogens (tertiary/aromatic N) is 1. The molecule has 0 atom stereocenters. The Hall–Kier alpha value is -1.02. The Kier molecular flexibility index (Phi) is 4.02. The second-order valence-electron chi connectivity index (χ2n) is 6.92. The van der Waals surface area contributed by atoms with Crippen molar-refractivity contribution >= 4 is 5.69 Å². The maximum absolute atomic E-state index is 6.17. The van der Waals surface area contributed by atoms with E-state index in [0.717, 1.165) is 6.54 Å². The molecule has 1 aliphatic carbocycles. The molecule has 2 nitrogen and oxygen atoms in total. The Balaban J connectivity index is 1.81. The number of anilines is 1. The molecule has 1 aromatic carbocycles. The van der Waals surface area contributed by atoms with Crippen molar-refractivity contribution < 1.29 is 0 Å². The molecule has 0 saturated heterocycles. The molecule has 2 heteroatoms. The minimum Gasteiger partial charge on any atom is -0.371 e. The molecule has 0 unspecified atom stereocenters. The quantitative estimate of drug-likeness (QED) is 0.910. The van der Waals surface area contributed by atoms with E-state index in [4.69, 9.17) is 5.73 Å². The molecule has 0 aromatic heterocycles. The largest absolute Gasteiger partial charge is 0.371 e. The van der Waals surface area contributed by atoms with Crippen LogP contribution in [0.3, 0.4) is 0 Å². The van der Waals surface area contributed by atoms with Crippen molar-refractivity contribution in [1.82, 2.24) is 0 Å². The first-order valence-corrected chi connectivity index (χ1v) is 8.27. The van der Waals surface area contributed by atoms with E-state index in [0.29, 0.717) is 5.41 Å². The number of nitrogens with two attached hydrogens (primary N) is 1. The van der Waals surface area contributed by atoms with Gasteiger partial charge in [-0.25, -0.2) is 0 Å². The van der Waals surface area contributed by atoms with Crippen molar-refractivity contribution in [1.29, 1.82) is 0 Å². The highest BCUT2D eigenvalue weighted by molar-refractivity contribution is 5.57. The summed E-state index contributed by atoms with van der Waals surface area (Å²) in [7, 11) is 0. The highest BCUT2D eigenvalue weighted by atomic mass is 15.1. The minimum atomic E-state index is 0.373. The predicted molar refractivity (Wildman–Crippen MR) is 86.3 cm³/mol. The summed E-state index contributed by atoms with van der Waals surface area (Å²) in [5.74, 6) is 0. The van der Waals surface area contributed by atoms with Gasteiger partial charge in [-0.1, -0.05) is 37.0 Å². The third kappa shape index (κ3) is 2.71. The van der Waals surface area contributed by atoms with Gasteiger partial charge in [0.15, 0.2) is 0 Å². The summed E-state index contributed by atoms with van der Waals surface area (Å²) in [5, 5.41) is 0. The van der Waals surface area contributed by atoms with Gasteiger partial charge in [-0.15, -0.1) is 0 Å². The van der Waals surface area contributed by atoms with Crippen LogP contribution in [0.2, 0.25) is 0 Å². The third-order valence-electron chi connectivity index (χ3n) is 5.32. The lowest BCUT2D eigenvalue weighted by molar-refractivity contribution is 0.202. The molecule has 2 N–H and O–H groups in total. The fraction of sp³-hybridized carbons (Fsp3) is 0.667. The average molecular weight is 272 g/mol. The van der Waals surface area contributed by atoms with Crippen LogP contribution < -0.4 is 10.6 Å². The molecule has 1 heterocycles. The van der Waals surface area contributed by atoms with Crippen LogP contribution in [0.1, 0.15) is 49.7 Å². The van der Waals surface area contributed by atoms with Gasteiger partial charge in [0.1, 0.15) is 0 Å². The zero-order valence-corrected chi connectivity index (χ0v) is 12.8. The minimum absolute atomic E-state index is 0.373. The SMILES string of the molecule is Cc1ccc2c(c1)CCCN2CC1(CN)CCCCC1. The van der Waals surface area contributed by atoms with Gasteiger partial charge in [-0.05, 0) is 50.8 Å². The molecule has 0 amide bonds. The zero-order valence-electron chi connectivity index (χ0n) is 12.8. The van der Waals surface area contributed by atoms with Crippen LogP contribution in [0.5, 0.6) is 0 Å². The first-order valence-electron chi connectivity index (χ1n) is 8.27. The van der Waals surface area contributed by atoms with Crippen LogP contribution in [0.4, 0.5) is 5.69 Å². The molecule has 1 fully saturated rings. The number of hydrogen-bond acceptors (Lipinski definition) is 2. The summed E-state index contributed by atoms with van der Waals surface area (Å²) < 4.78 is 0. The summed E-state index contributed by atoms with van der Waals surface area (Å²) in [6, 6.07) is 6.96. The van der Waals surface area contributed by atoms with Crippen LogP contribution in [0.15, 0.2) is 18.2 Å². The maximum Gasteiger partial charge on any atom is 0.0399 e. The van der Waals surface area contributed by atoms with E-state index in [1.807, 2.05) is 0 Å². The van der Waals surface area contributed by atoms with Crippen LogP contribution in [0.25, 0.3) is 0 Å². The van der Waals surface area contributed by atoms with Gasteiger partial charge in [0.2, 0.25) is 0 Å². The fourth-order valence-electron chi connectivity index (χ4n) is 4.10. The Labute approximate surface area is 123 Å². The van der Waals surface area contributed by atoms with Gasteiger partial charge in [-0.3, -0.25) is 0 Å². The van der Waals surface area contributed by atoms with Gasteiger partial charge >= 0.3 is 0 Å². The molecular formula is C18H28N2. The highest BCUT2D eigenvalue weighted by Gasteiger charge is 2.33. The molecule has 2 aliphatic rings. The van der Waals surface area contributed by atoms with E-state index >= 15 is 0 Å². The Bertz CT molecular complexity index is 460. The number of rotatable bonds is 3. The van der Waals surface area contributed by atoms with Crippen molar-refractivity contribution in [2.75, 3.05) is 24.5 Å². The van der Waals surface area contributed by atoms with Crippen molar-refractivity contribution in [3.05, 3.63) is 29.3 Å². The highest BCUT2D eigenvalue weighted by Crippen LogP contribution is 2.38. The van der Waals surface area contributed by atoms with Crippen molar-refractivity contribution in [2.45, 2.75) is 51.9 Å². The molecule has 3 rings (SSSR count). The van der Waals surface area contributed by atoms with Crippen molar-refractivity contribution in [2.24, 2.45) is 11.1 Å². The van der Waals surface area contributed by atoms with E-state index in [2.05, 4.69) is 30.0 Å². The lowest BCUT2D eigenvalue weighted by Gasteiger charge is -2.43. The monoisotopic (exact) mass is 272 g/mol. The van der Waals surface area contributed by atoms with Crippen LogP contribution in [0, 0.1) is 12.3 Å². The van der Waals surface area contributed by atoms with Crippen LogP contribution >= 0.6 is 0 Å². The second-order valence-corrected chi connectivity index (χ2v) is 6.92.